The van der Waals surface area contributed by atoms with Crippen molar-refractivity contribution >= 4 is 12.4 Å². The highest BCUT2D eigenvalue weighted by molar-refractivity contribution is 5.69. The molecular weight excluding hydrogens is 222 g/mol. The molecule has 0 N–H and O–H groups in total. The van der Waals surface area contributed by atoms with Gasteiger partial charge in [0.1, 0.15) is 11.9 Å². The van der Waals surface area contributed by atoms with Crippen LogP contribution >= 0.6 is 0 Å². The zero-order valence-corrected chi connectivity index (χ0v) is 10.8. The molecule has 1 heterocycles. The first-order valence-corrected chi connectivity index (χ1v) is 5.95. The third-order valence-electron chi connectivity index (χ3n) is 2.44. The molecule has 0 aromatic carbocycles. The number of hydrogen-bond donors (Lipinski definition) is 0. The second-order valence-electron chi connectivity index (χ2n) is 5.16. The minimum atomic E-state index is -0.518. The van der Waals surface area contributed by atoms with E-state index < -0.39 is 5.60 Å². The van der Waals surface area contributed by atoms with Gasteiger partial charge < -0.3 is 19.2 Å². The number of amides is 1. The lowest BCUT2D eigenvalue weighted by molar-refractivity contribution is -0.109. The van der Waals surface area contributed by atoms with Crippen LogP contribution in [-0.4, -0.2) is 48.7 Å². The molecule has 98 valence electrons. The van der Waals surface area contributed by atoms with Crippen LogP contribution < -0.4 is 0 Å². The number of rotatable bonds is 2. The number of aldehydes is 1. The van der Waals surface area contributed by atoms with Crippen LogP contribution in [-0.2, 0) is 14.3 Å². The Kier molecular flexibility index (Phi) is 4.93. The highest BCUT2D eigenvalue weighted by atomic mass is 16.6. The van der Waals surface area contributed by atoms with Gasteiger partial charge in [-0.3, -0.25) is 0 Å². The van der Waals surface area contributed by atoms with Crippen LogP contribution in [0, 0.1) is 0 Å². The fourth-order valence-corrected chi connectivity index (χ4v) is 1.70. The van der Waals surface area contributed by atoms with E-state index in [0.717, 1.165) is 12.7 Å². The first-order valence-electron chi connectivity index (χ1n) is 5.95. The zero-order chi connectivity index (χ0) is 12.9. The van der Waals surface area contributed by atoms with Gasteiger partial charge in [-0.25, -0.2) is 4.79 Å². The van der Waals surface area contributed by atoms with Crippen molar-refractivity contribution in [1.82, 2.24) is 4.90 Å². The number of nitrogens with zero attached hydrogens (tertiary/aromatic N) is 1. The van der Waals surface area contributed by atoms with Gasteiger partial charge in [0.2, 0.25) is 0 Å². The van der Waals surface area contributed by atoms with Crippen LogP contribution in [0.5, 0.6) is 0 Å². The van der Waals surface area contributed by atoms with Gasteiger partial charge in [0, 0.05) is 19.6 Å². The Balaban J connectivity index is 2.67. The first kappa shape index (κ1) is 14.0. The van der Waals surface area contributed by atoms with Crippen LogP contribution in [0.1, 0.15) is 33.6 Å². The van der Waals surface area contributed by atoms with Gasteiger partial charge in [-0.2, -0.15) is 0 Å². The lowest BCUT2D eigenvalue weighted by Gasteiger charge is -2.30. The summed E-state index contributed by atoms with van der Waals surface area (Å²) in [7, 11) is 0. The van der Waals surface area contributed by atoms with E-state index in [9.17, 15) is 9.59 Å². The summed E-state index contributed by atoms with van der Waals surface area (Å²) in [6.07, 6.45) is 1.51. The Morgan fingerprint density at radius 3 is 2.82 bits per heavy atom. The van der Waals surface area contributed by atoms with Crippen molar-refractivity contribution in [3.63, 3.8) is 0 Å². The normalized spacial score (nSPS) is 21.8. The van der Waals surface area contributed by atoms with Gasteiger partial charge in [0.15, 0.2) is 0 Å². The molecule has 1 unspecified atom stereocenters. The van der Waals surface area contributed by atoms with Crippen molar-refractivity contribution in [3.05, 3.63) is 0 Å². The largest absolute Gasteiger partial charge is 0.444 e. The molecule has 1 amide bonds. The minimum absolute atomic E-state index is 0.204. The number of carbonyl (C=O) groups excluding carboxylic acids is 2. The van der Waals surface area contributed by atoms with Gasteiger partial charge in [-0.15, -0.1) is 0 Å². The molecular formula is C12H21NO4. The summed E-state index contributed by atoms with van der Waals surface area (Å²) in [6.45, 7) is 7.08. The average molecular weight is 243 g/mol. The Labute approximate surface area is 102 Å². The maximum absolute atomic E-state index is 12.0. The van der Waals surface area contributed by atoms with E-state index in [4.69, 9.17) is 9.47 Å². The standard InChI is InChI=1S/C12H21NO4/c1-12(2,3)17-11(15)13-6-4-8-16-9-10(13)5-7-14/h7,10H,4-6,8-9H2,1-3H3. The molecule has 1 fully saturated rings. The second-order valence-corrected chi connectivity index (χ2v) is 5.16. The summed E-state index contributed by atoms with van der Waals surface area (Å²) in [5.74, 6) is 0. The summed E-state index contributed by atoms with van der Waals surface area (Å²) in [5.41, 5.74) is -0.518. The summed E-state index contributed by atoms with van der Waals surface area (Å²) in [6, 6.07) is -0.204. The summed E-state index contributed by atoms with van der Waals surface area (Å²) in [5, 5.41) is 0. The highest BCUT2D eigenvalue weighted by Gasteiger charge is 2.29. The summed E-state index contributed by atoms with van der Waals surface area (Å²) >= 11 is 0. The van der Waals surface area contributed by atoms with Crippen LogP contribution in [0.25, 0.3) is 0 Å². The fraction of sp³-hybridized carbons (Fsp3) is 0.833. The van der Waals surface area contributed by atoms with E-state index in [2.05, 4.69) is 0 Å². The van der Waals surface area contributed by atoms with Crippen LogP contribution in [0.4, 0.5) is 4.79 Å². The average Bonchev–Trinajstić information content (AvgIpc) is 2.41. The molecule has 0 aromatic heterocycles. The molecule has 0 bridgehead atoms. The van der Waals surface area contributed by atoms with Crippen molar-refractivity contribution in [3.8, 4) is 0 Å². The molecule has 1 aliphatic heterocycles. The number of ether oxygens (including phenoxy) is 2. The Bertz CT molecular complexity index is 272. The Morgan fingerprint density at radius 2 is 2.24 bits per heavy atom. The topological polar surface area (TPSA) is 55.8 Å². The molecule has 0 spiro atoms. The molecule has 17 heavy (non-hydrogen) atoms. The van der Waals surface area contributed by atoms with Gasteiger partial charge in [0.05, 0.1) is 12.6 Å². The smallest absolute Gasteiger partial charge is 0.410 e. The molecule has 0 saturated carbocycles. The second kappa shape index (κ2) is 6.00. The first-order chi connectivity index (χ1) is 7.94. The van der Waals surface area contributed by atoms with E-state index >= 15 is 0 Å². The molecule has 1 atom stereocenters. The van der Waals surface area contributed by atoms with E-state index in [1.165, 1.54) is 0 Å². The maximum atomic E-state index is 12.0. The van der Waals surface area contributed by atoms with Gasteiger partial charge in [-0.1, -0.05) is 0 Å². The molecule has 5 nitrogen and oxygen atoms in total. The van der Waals surface area contributed by atoms with E-state index in [1.54, 1.807) is 4.90 Å². The minimum Gasteiger partial charge on any atom is -0.444 e. The van der Waals surface area contributed by atoms with Crippen LogP contribution in [0.2, 0.25) is 0 Å². The third-order valence-corrected chi connectivity index (χ3v) is 2.44. The predicted molar refractivity (Wildman–Crippen MR) is 62.8 cm³/mol. The van der Waals surface area contributed by atoms with Crippen molar-refractivity contribution in [2.24, 2.45) is 0 Å². The van der Waals surface area contributed by atoms with Gasteiger partial charge in [-0.05, 0) is 27.2 Å². The molecule has 1 saturated heterocycles. The SMILES string of the molecule is CC(C)(C)OC(=O)N1CCCOCC1CC=O. The molecule has 5 heteroatoms. The van der Waals surface area contributed by atoms with Crippen molar-refractivity contribution in [1.29, 1.82) is 0 Å². The van der Waals surface area contributed by atoms with Crippen molar-refractivity contribution in [2.45, 2.75) is 45.3 Å². The van der Waals surface area contributed by atoms with Gasteiger partial charge in [0.25, 0.3) is 0 Å². The molecule has 1 aliphatic rings. The van der Waals surface area contributed by atoms with Crippen molar-refractivity contribution in [2.75, 3.05) is 19.8 Å². The Morgan fingerprint density at radius 1 is 1.53 bits per heavy atom. The predicted octanol–water partition coefficient (Wildman–Crippen LogP) is 1.60. The third kappa shape index (κ3) is 4.73. The number of carbonyl (C=O) groups is 2. The lowest BCUT2D eigenvalue weighted by Crippen LogP contribution is -2.45. The Hall–Kier alpha value is -1.10. The lowest BCUT2D eigenvalue weighted by atomic mass is 10.2. The highest BCUT2D eigenvalue weighted by Crippen LogP contribution is 2.16. The van der Waals surface area contributed by atoms with E-state index in [0.29, 0.717) is 26.2 Å². The van der Waals surface area contributed by atoms with E-state index in [1.807, 2.05) is 20.8 Å². The molecule has 0 radical (unpaired) electrons. The fourth-order valence-electron chi connectivity index (χ4n) is 1.70. The van der Waals surface area contributed by atoms with Crippen LogP contribution in [0.3, 0.4) is 0 Å². The molecule has 0 aromatic rings. The molecule has 1 rings (SSSR count). The molecule has 0 aliphatic carbocycles. The van der Waals surface area contributed by atoms with Crippen molar-refractivity contribution < 1.29 is 19.1 Å². The monoisotopic (exact) mass is 243 g/mol. The van der Waals surface area contributed by atoms with E-state index in [-0.39, 0.29) is 12.1 Å². The number of hydrogen-bond acceptors (Lipinski definition) is 4. The quantitative estimate of drug-likeness (QED) is 0.691. The van der Waals surface area contributed by atoms with Crippen LogP contribution in [0.15, 0.2) is 0 Å². The maximum Gasteiger partial charge on any atom is 0.410 e. The summed E-state index contributed by atoms with van der Waals surface area (Å²) < 4.78 is 10.7. The van der Waals surface area contributed by atoms with Gasteiger partial charge >= 0.3 is 6.09 Å². The zero-order valence-electron chi connectivity index (χ0n) is 10.8. The summed E-state index contributed by atoms with van der Waals surface area (Å²) in [4.78, 5) is 24.2.